The fourth-order valence-electron chi connectivity index (χ4n) is 7.70. The van der Waals surface area contributed by atoms with Crippen molar-refractivity contribution in [2.45, 2.75) is 0 Å². The summed E-state index contributed by atoms with van der Waals surface area (Å²) in [5.74, 6) is -13.7. The Morgan fingerprint density at radius 3 is 0.762 bits per heavy atom. The Hall–Kier alpha value is -7.44. The largest absolute Gasteiger partial charge is 0.478 e. The van der Waals surface area contributed by atoms with E-state index >= 15 is 0 Å². The molecule has 20 nitrogen and oxygen atoms in total. The smallest absolute Gasteiger partial charge is 0.343 e. The number of aromatic carboxylic acids is 4. The molecule has 0 aliphatic rings. The van der Waals surface area contributed by atoms with Crippen LogP contribution in [0.1, 0.15) is 104 Å². The SMILES string of the molecule is O=C(Nc1cc(C(=O)Oc2c(Br)cc(Br)cc2C(=O)O)cc(C(=O)Oc2c(Br)cc(Br)cc2C(=O)O)c1)c1ccc2cc(C(=O)Nc3cc(C(=O)Oc4c(Br)cc(Br)cc4C(=O)O)cc(C(=O)Oc4c(Br)cc(Br)cc4C(=O)O)c3)ccc2c1. The first-order chi connectivity index (χ1) is 39.6. The third-order valence-corrected chi connectivity index (χ3v) is 15.6. The lowest BCUT2D eigenvalue weighted by molar-refractivity contribution is 0.0658. The van der Waals surface area contributed by atoms with Gasteiger partial charge in [0.05, 0.1) is 40.1 Å². The number of carboxylic acids is 4. The summed E-state index contributed by atoms with van der Waals surface area (Å²) >= 11 is 25.6. The third kappa shape index (κ3) is 14.5. The fraction of sp³-hybridized carbons (Fsp3) is 0. The molecule has 6 N–H and O–H groups in total. The third-order valence-electron chi connectivity index (χ3n) is 11.4. The summed E-state index contributed by atoms with van der Waals surface area (Å²) in [6, 6.07) is 25.6. The molecule has 8 aromatic carbocycles. The first kappa shape index (κ1) is 62.6. The fourth-order valence-corrected chi connectivity index (χ4v) is 12.9. The average molecular weight is 1650 g/mol. The van der Waals surface area contributed by atoms with Crippen LogP contribution in [0.2, 0.25) is 0 Å². The van der Waals surface area contributed by atoms with Crippen LogP contribution >= 0.6 is 127 Å². The van der Waals surface area contributed by atoms with Crippen molar-refractivity contribution in [2.24, 2.45) is 0 Å². The van der Waals surface area contributed by atoms with Crippen LogP contribution in [0, 0.1) is 0 Å². The zero-order valence-corrected chi connectivity index (χ0v) is 53.8. The maximum absolute atomic E-state index is 14.0. The molecule has 2 amide bonds. The van der Waals surface area contributed by atoms with Gasteiger partial charge in [0.25, 0.3) is 11.8 Å². The van der Waals surface area contributed by atoms with Crippen LogP contribution in [0.4, 0.5) is 11.4 Å². The Bertz CT molecular complexity index is 3780. The summed E-state index contributed by atoms with van der Waals surface area (Å²) in [6.45, 7) is 0. The first-order valence-corrected chi connectivity index (χ1v) is 29.2. The lowest BCUT2D eigenvalue weighted by Gasteiger charge is -2.14. The van der Waals surface area contributed by atoms with Crippen molar-refractivity contribution in [2.75, 3.05) is 10.6 Å². The molecule has 28 heteroatoms. The normalized spacial score (nSPS) is 10.8. The number of nitrogens with one attached hydrogen (secondary N) is 2. The lowest BCUT2D eigenvalue weighted by Crippen LogP contribution is -2.18. The molecule has 0 saturated carbocycles. The summed E-state index contributed by atoms with van der Waals surface area (Å²) in [4.78, 5) is 132. The van der Waals surface area contributed by atoms with Gasteiger partial charge in [0, 0.05) is 40.4 Å². The van der Waals surface area contributed by atoms with E-state index in [0.717, 1.165) is 36.4 Å². The van der Waals surface area contributed by atoms with E-state index in [9.17, 15) is 68.4 Å². The topological polar surface area (TPSA) is 313 Å². The molecule has 0 aromatic heterocycles. The quantitative estimate of drug-likeness (QED) is 0.0387. The van der Waals surface area contributed by atoms with Gasteiger partial charge in [0.1, 0.15) is 22.3 Å². The summed E-state index contributed by atoms with van der Waals surface area (Å²) in [7, 11) is 0. The van der Waals surface area contributed by atoms with Crippen molar-refractivity contribution in [1.29, 1.82) is 0 Å². The Balaban J connectivity index is 1.08. The standard InChI is InChI=1S/C56H26Br8N2O18/c57-29-13-35(49(69)70)43(39(61)17-29)81-53(77)25-7-26(54(78)82-44-36(50(71)72)14-30(58)18-40(44)62)10-33(9-25)65-47(67)23-3-1-21-5-24(4-2-22(21)6-23)48(68)66-34-11-27(55(79)83-45-37(51(73)74)15-31(59)19-41(45)63)8-28(12-34)56(80)84-46-38(52(75)76)16-32(60)20-42(46)64/h1-20H,(H,65,67)(H,66,68)(H,69,70)(H,71,72)(H,73,74)(H,75,76). The molecule has 0 saturated heterocycles. The van der Waals surface area contributed by atoms with Gasteiger partial charge in [-0.05, 0) is 184 Å². The minimum atomic E-state index is -1.45. The molecular formula is C56H26Br8N2O18. The van der Waals surface area contributed by atoms with Crippen LogP contribution in [-0.4, -0.2) is 80.0 Å². The van der Waals surface area contributed by atoms with E-state index in [0.29, 0.717) is 28.7 Å². The van der Waals surface area contributed by atoms with Crippen LogP contribution in [0.15, 0.2) is 157 Å². The summed E-state index contributed by atoms with van der Waals surface area (Å²) < 4.78 is 23.7. The molecule has 0 heterocycles. The molecule has 0 aliphatic carbocycles. The number of hydrogen-bond donors (Lipinski definition) is 6. The molecule has 0 radical (unpaired) electrons. The molecule has 8 rings (SSSR count). The predicted molar refractivity (Wildman–Crippen MR) is 328 cm³/mol. The number of benzene rings is 8. The predicted octanol–water partition coefficient (Wildman–Crippen LogP) is 15.1. The van der Waals surface area contributed by atoms with Gasteiger partial charge < -0.3 is 50.0 Å². The number of anilines is 2. The van der Waals surface area contributed by atoms with Crippen LogP contribution < -0.4 is 29.6 Å². The van der Waals surface area contributed by atoms with E-state index in [1.54, 1.807) is 0 Å². The summed E-state index contributed by atoms with van der Waals surface area (Å²) in [5.41, 5.74) is -3.57. The molecule has 0 fully saturated rings. The van der Waals surface area contributed by atoms with Crippen molar-refractivity contribution in [3.05, 3.63) is 213 Å². The Morgan fingerprint density at radius 1 is 0.298 bits per heavy atom. The summed E-state index contributed by atoms with van der Waals surface area (Å²) in [5, 5.41) is 45.6. The monoisotopic (exact) mass is 1650 g/mol. The highest BCUT2D eigenvalue weighted by Crippen LogP contribution is 2.38. The molecule has 0 aliphatic heterocycles. The number of halogens is 8. The molecule has 0 atom stereocenters. The maximum atomic E-state index is 14.0. The minimum absolute atomic E-state index is 0.0194. The molecule has 424 valence electrons. The van der Waals surface area contributed by atoms with Crippen molar-refractivity contribution in [3.8, 4) is 23.0 Å². The van der Waals surface area contributed by atoms with Crippen LogP contribution in [0.5, 0.6) is 23.0 Å². The van der Waals surface area contributed by atoms with Crippen molar-refractivity contribution >= 4 is 209 Å². The van der Waals surface area contributed by atoms with Gasteiger partial charge in [-0.15, -0.1) is 0 Å². The molecule has 0 unspecified atom stereocenters. The van der Waals surface area contributed by atoms with Crippen LogP contribution in [0.25, 0.3) is 10.8 Å². The number of ether oxygens (including phenoxy) is 4. The average Bonchev–Trinajstić information content (AvgIpc) is 2.99. The number of esters is 4. The number of amides is 2. The van der Waals surface area contributed by atoms with E-state index in [2.05, 4.69) is 138 Å². The van der Waals surface area contributed by atoms with Gasteiger partial charge in [-0.3, -0.25) is 9.59 Å². The second-order valence-corrected chi connectivity index (χ2v) is 24.2. The summed E-state index contributed by atoms with van der Waals surface area (Å²) in [6.07, 6.45) is 0. The zero-order valence-electron chi connectivity index (χ0n) is 41.1. The molecular weight excluding hydrogens is 1630 g/mol. The number of rotatable bonds is 16. The number of fused-ring (bicyclic) bond motifs is 1. The number of carbonyl (C=O) groups is 10. The van der Waals surface area contributed by atoms with Crippen LogP contribution in [0.3, 0.4) is 0 Å². The van der Waals surface area contributed by atoms with E-state index in [1.165, 1.54) is 84.9 Å². The highest BCUT2D eigenvalue weighted by atomic mass is 79.9. The van der Waals surface area contributed by atoms with E-state index in [-0.39, 0.29) is 40.4 Å². The molecule has 8 aromatic rings. The van der Waals surface area contributed by atoms with Crippen molar-refractivity contribution in [1.82, 2.24) is 0 Å². The highest BCUT2D eigenvalue weighted by molar-refractivity contribution is 9.12. The van der Waals surface area contributed by atoms with Gasteiger partial charge in [0.15, 0.2) is 23.0 Å². The van der Waals surface area contributed by atoms with Gasteiger partial charge >= 0.3 is 47.8 Å². The van der Waals surface area contributed by atoms with Crippen molar-refractivity contribution < 1.29 is 87.3 Å². The molecule has 0 bridgehead atoms. The molecule has 0 spiro atoms. The van der Waals surface area contributed by atoms with E-state index in [1.807, 2.05) is 0 Å². The maximum Gasteiger partial charge on any atom is 0.343 e. The second kappa shape index (κ2) is 26.2. The second-order valence-electron chi connectivity index (χ2n) is 17.1. The van der Waals surface area contributed by atoms with E-state index in [4.69, 9.17) is 18.9 Å². The zero-order chi connectivity index (χ0) is 61.2. The Morgan fingerprint density at radius 2 is 0.536 bits per heavy atom. The Kier molecular flexibility index (Phi) is 19.5. The highest BCUT2D eigenvalue weighted by Gasteiger charge is 2.28. The number of carbonyl (C=O) groups excluding carboxylic acids is 6. The minimum Gasteiger partial charge on any atom is -0.478 e. The van der Waals surface area contributed by atoms with Gasteiger partial charge in [-0.25, -0.2) is 38.4 Å². The van der Waals surface area contributed by atoms with Gasteiger partial charge in [-0.1, -0.05) is 75.9 Å². The number of carboxylic acid groups (broad SMARTS) is 4. The van der Waals surface area contributed by atoms with Crippen molar-refractivity contribution in [3.63, 3.8) is 0 Å². The van der Waals surface area contributed by atoms with Gasteiger partial charge in [-0.2, -0.15) is 0 Å². The number of hydrogen-bond acceptors (Lipinski definition) is 14. The molecule has 84 heavy (non-hydrogen) atoms. The van der Waals surface area contributed by atoms with E-state index < -0.39 is 127 Å². The lowest BCUT2D eigenvalue weighted by atomic mass is 10.0. The first-order valence-electron chi connectivity index (χ1n) is 22.9. The van der Waals surface area contributed by atoms with Gasteiger partial charge in [0.2, 0.25) is 0 Å². The van der Waals surface area contributed by atoms with Crippen LogP contribution in [-0.2, 0) is 0 Å². The Labute approximate surface area is 537 Å².